The number of allylic oxidation sites excluding steroid dienone is 1. The number of hydrogen-bond acceptors (Lipinski definition) is 3. The van der Waals surface area contributed by atoms with Crippen molar-refractivity contribution in [1.29, 1.82) is 0 Å². The number of esters is 1. The van der Waals surface area contributed by atoms with Crippen LogP contribution in [0.2, 0.25) is 0 Å². The van der Waals surface area contributed by atoms with E-state index < -0.39 is 18.2 Å². The number of hydrogen-bond donors (Lipinski definition) is 1. The van der Waals surface area contributed by atoms with Gasteiger partial charge in [0.25, 0.3) is 0 Å². The smallest absolute Gasteiger partial charge is 0.304 e. The Bertz CT molecular complexity index is 468. The Hall–Kier alpha value is -1.97. The summed E-state index contributed by atoms with van der Waals surface area (Å²) in [5.41, 5.74) is 0. The molecule has 3 nitrogen and oxygen atoms in total. The van der Waals surface area contributed by atoms with Gasteiger partial charge in [-0.25, -0.2) is 0 Å². The first-order valence-electron chi connectivity index (χ1n) is 7.75. The Morgan fingerprint density at radius 3 is 2.55 bits per heavy atom. The van der Waals surface area contributed by atoms with Crippen molar-refractivity contribution in [2.45, 2.75) is 64.6 Å². The highest BCUT2D eigenvalue weighted by molar-refractivity contribution is 5.66. The van der Waals surface area contributed by atoms with Crippen molar-refractivity contribution in [3.05, 3.63) is 24.8 Å². The van der Waals surface area contributed by atoms with Gasteiger partial charge >= 0.3 is 5.97 Å². The predicted octanol–water partition coefficient (Wildman–Crippen LogP) is 3.39. The summed E-state index contributed by atoms with van der Waals surface area (Å²) in [5.74, 6) is 9.89. The van der Waals surface area contributed by atoms with Crippen LogP contribution in [0.5, 0.6) is 0 Å². The zero-order chi connectivity index (χ0) is 16.6. The van der Waals surface area contributed by atoms with Crippen molar-refractivity contribution < 1.29 is 14.6 Å². The zero-order valence-electron chi connectivity index (χ0n) is 13.6. The normalized spacial score (nSPS) is 12.5. The van der Waals surface area contributed by atoms with Crippen molar-refractivity contribution >= 4 is 5.97 Å². The lowest BCUT2D eigenvalue weighted by Crippen LogP contribution is -2.10. The van der Waals surface area contributed by atoms with Gasteiger partial charge in [-0.1, -0.05) is 51.2 Å². The lowest BCUT2D eigenvalue weighted by Gasteiger charge is -2.03. The molecule has 0 radical (unpaired) electrons. The van der Waals surface area contributed by atoms with Crippen LogP contribution < -0.4 is 0 Å². The topological polar surface area (TPSA) is 46.5 Å². The highest BCUT2D eigenvalue weighted by Crippen LogP contribution is 2.05. The van der Waals surface area contributed by atoms with Crippen LogP contribution in [0.25, 0.3) is 0 Å². The highest BCUT2D eigenvalue weighted by Gasteiger charge is 2.01. The number of unbranched alkanes of at least 4 members (excludes halogenated alkanes) is 5. The molecule has 0 rings (SSSR count). The summed E-state index contributed by atoms with van der Waals surface area (Å²) >= 11 is 0. The van der Waals surface area contributed by atoms with E-state index in [1.165, 1.54) is 38.7 Å². The number of aliphatic hydroxyl groups excluding tert-OH is 1. The van der Waals surface area contributed by atoms with Crippen molar-refractivity contribution in [1.82, 2.24) is 0 Å². The van der Waals surface area contributed by atoms with Gasteiger partial charge in [0.1, 0.15) is 6.10 Å². The average Bonchev–Trinajstić information content (AvgIpc) is 2.49. The molecule has 0 aliphatic carbocycles. The summed E-state index contributed by atoms with van der Waals surface area (Å²) in [6.07, 6.45) is 10.7. The molecule has 2 atom stereocenters. The highest BCUT2D eigenvalue weighted by atomic mass is 16.5. The molecule has 0 aromatic carbocycles. The number of carbonyl (C=O) groups is 1. The summed E-state index contributed by atoms with van der Waals surface area (Å²) < 4.78 is 4.85. The zero-order valence-corrected chi connectivity index (χ0v) is 13.6. The lowest BCUT2D eigenvalue weighted by atomic mass is 10.1. The van der Waals surface area contributed by atoms with Crippen LogP contribution >= 0.6 is 0 Å². The van der Waals surface area contributed by atoms with E-state index in [-0.39, 0.29) is 0 Å². The molecule has 1 N–H and O–H groups in total. The van der Waals surface area contributed by atoms with E-state index in [2.05, 4.69) is 37.2 Å². The number of aliphatic hydroxyl groups is 1. The van der Waals surface area contributed by atoms with Crippen molar-refractivity contribution in [2.24, 2.45) is 0 Å². The van der Waals surface area contributed by atoms with Gasteiger partial charge in [-0.2, -0.15) is 0 Å². The van der Waals surface area contributed by atoms with Gasteiger partial charge in [0.05, 0.1) is 0 Å². The fourth-order valence-electron chi connectivity index (χ4n) is 1.67. The maximum atomic E-state index is 10.8. The summed E-state index contributed by atoms with van der Waals surface area (Å²) in [7, 11) is 0. The van der Waals surface area contributed by atoms with Crippen LogP contribution in [0, 0.1) is 23.7 Å². The number of carbonyl (C=O) groups excluding carboxylic acids is 1. The van der Waals surface area contributed by atoms with Crippen LogP contribution in [0.3, 0.4) is 0 Å². The molecule has 0 amide bonds. The SMILES string of the molecule is C=CC(C#CC#CC(O)C=CCCCCCCC)OC(C)=O. The van der Waals surface area contributed by atoms with Crippen LogP contribution in [0.15, 0.2) is 24.8 Å². The van der Waals surface area contributed by atoms with Crippen LogP contribution in [0.4, 0.5) is 0 Å². The van der Waals surface area contributed by atoms with E-state index in [1.54, 1.807) is 6.08 Å². The van der Waals surface area contributed by atoms with Gasteiger partial charge in [0.15, 0.2) is 6.10 Å². The quantitative estimate of drug-likeness (QED) is 0.307. The van der Waals surface area contributed by atoms with E-state index in [9.17, 15) is 9.90 Å². The third-order valence-electron chi connectivity index (χ3n) is 2.80. The molecule has 120 valence electrons. The fraction of sp³-hybridized carbons (Fsp3) is 0.526. The third-order valence-corrected chi connectivity index (χ3v) is 2.80. The fourth-order valence-corrected chi connectivity index (χ4v) is 1.67. The maximum absolute atomic E-state index is 10.8. The molecule has 0 fully saturated rings. The van der Waals surface area contributed by atoms with Gasteiger partial charge in [-0.05, 0) is 42.8 Å². The van der Waals surface area contributed by atoms with E-state index in [1.807, 2.05) is 6.08 Å². The minimum atomic E-state index is -0.819. The molecule has 0 bridgehead atoms. The Morgan fingerprint density at radius 2 is 1.91 bits per heavy atom. The van der Waals surface area contributed by atoms with Crippen LogP contribution in [-0.4, -0.2) is 23.3 Å². The van der Waals surface area contributed by atoms with Crippen molar-refractivity contribution in [3.8, 4) is 23.7 Å². The van der Waals surface area contributed by atoms with Crippen molar-refractivity contribution in [3.63, 3.8) is 0 Å². The molecule has 0 heterocycles. The average molecular weight is 302 g/mol. The van der Waals surface area contributed by atoms with Gasteiger partial charge in [0.2, 0.25) is 0 Å². The molecule has 0 aliphatic rings. The first-order valence-corrected chi connectivity index (χ1v) is 7.75. The molecule has 0 aromatic rings. The summed E-state index contributed by atoms with van der Waals surface area (Å²) in [5, 5.41) is 9.62. The van der Waals surface area contributed by atoms with Gasteiger partial charge in [-0.3, -0.25) is 4.79 Å². The maximum Gasteiger partial charge on any atom is 0.304 e. The van der Waals surface area contributed by atoms with Crippen LogP contribution in [-0.2, 0) is 9.53 Å². The third kappa shape index (κ3) is 13.0. The molecular weight excluding hydrogens is 276 g/mol. The minimum Gasteiger partial charge on any atom is -0.445 e. The lowest BCUT2D eigenvalue weighted by molar-refractivity contribution is -0.142. The van der Waals surface area contributed by atoms with Gasteiger partial charge < -0.3 is 9.84 Å². The van der Waals surface area contributed by atoms with Crippen molar-refractivity contribution in [2.75, 3.05) is 0 Å². The second-order valence-electron chi connectivity index (χ2n) is 4.88. The summed E-state index contributed by atoms with van der Waals surface area (Å²) in [4.78, 5) is 10.8. The molecule has 0 aliphatic heterocycles. The molecule has 0 saturated carbocycles. The largest absolute Gasteiger partial charge is 0.445 e. The molecule has 0 spiro atoms. The van der Waals surface area contributed by atoms with E-state index in [4.69, 9.17) is 4.74 Å². The van der Waals surface area contributed by atoms with Gasteiger partial charge in [-0.15, -0.1) is 0 Å². The standard InChI is InChI=1S/C19H26O3/c1-4-6-7-8-9-10-11-14-18(21)15-12-13-16-19(5-2)22-17(3)20/h5,11,14,18-19,21H,2,4,6-10H2,1,3H3. The molecular formula is C19H26O3. The van der Waals surface area contributed by atoms with E-state index in [0.29, 0.717) is 0 Å². The molecule has 0 saturated heterocycles. The van der Waals surface area contributed by atoms with Gasteiger partial charge in [0, 0.05) is 6.92 Å². The minimum absolute atomic E-state index is 0.422. The monoisotopic (exact) mass is 302 g/mol. The molecule has 0 aromatic heterocycles. The second kappa shape index (κ2) is 14.0. The Labute approximate surface area is 134 Å². The Kier molecular flexibility index (Phi) is 12.7. The number of ether oxygens (including phenoxy) is 1. The second-order valence-corrected chi connectivity index (χ2v) is 4.88. The number of rotatable bonds is 9. The summed E-state index contributed by atoms with van der Waals surface area (Å²) in [6, 6.07) is 0. The predicted molar refractivity (Wildman–Crippen MR) is 89.8 cm³/mol. The Morgan fingerprint density at radius 1 is 1.23 bits per heavy atom. The summed E-state index contributed by atoms with van der Waals surface area (Å²) in [6.45, 7) is 7.02. The van der Waals surface area contributed by atoms with E-state index in [0.717, 1.165) is 12.8 Å². The Balaban J connectivity index is 4.04. The van der Waals surface area contributed by atoms with E-state index >= 15 is 0 Å². The first kappa shape index (κ1) is 20.0. The first-order chi connectivity index (χ1) is 10.6. The molecule has 3 heteroatoms. The molecule has 2 unspecified atom stereocenters. The molecule has 22 heavy (non-hydrogen) atoms. The van der Waals surface area contributed by atoms with Crippen LogP contribution in [0.1, 0.15) is 52.4 Å².